The summed E-state index contributed by atoms with van der Waals surface area (Å²) < 4.78 is 5.39. The predicted molar refractivity (Wildman–Crippen MR) is 99.0 cm³/mol. The second-order valence-corrected chi connectivity index (χ2v) is 7.41. The summed E-state index contributed by atoms with van der Waals surface area (Å²) in [5.74, 6) is -0.679. The van der Waals surface area contributed by atoms with E-state index < -0.39 is 11.7 Å². The Bertz CT molecular complexity index is 682. The van der Waals surface area contributed by atoms with Crippen molar-refractivity contribution in [3.63, 3.8) is 0 Å². The second kappa shape index (κ2) is 8.21. The van der Waals surface area contributed by atoms with Gasteiger partial charge < -0.3 is 20.3 Å². The first-order valence-electron chi connectivity index (χ1n) is 8.80. The highest BCUT2D eigenvalue weighted by atomic mass is 16.6. The molecule has 26 heavy (non-hydrogen) atoms. The number of nitrogens with one attached hydrogen (secondary N) is 2. The van der Waals surface area contributed by atoms with Crippen LogP contribution >= 0.6 is 0 Å². The van der Waals surface area contributed by atoms with Gasteiger partial charge in [-0.25, -0.2) is 4.79 Å². The van der Waals surface area contributed by atoms with Crippen molar-refractivity contribution in [1.29, 1.82) is 0 Å². The molecular formula is C19H27N3O4. The van der Waals surface area contributed by atoms with Gasteiger partial charge in [0.2, 0.25) is 5.91 Å². The van der Waals surface area contributed by atoms with Crippen LogP contribution in [0.2, 0.25) is 0 Å². The fourth-order valence-corrected chi connectivity index (χ4v) is 2.81. The maximum Gasteiger partial charge on any atom is 0.410 e. The Hall–Kier alpha value is -2.57. The van der Waals surface area contributed by atoms with Gasteiger partial charge in [-0.2, -0.15) is 0 Å². The van der Waals surface area contributed by atoms with Crippen molar-refractivity contribution in [1.82, 2.24) is 10.2 Å². The summed E-state index contributed by atoms with van der Waals surface area (Å²) in [7, 11) is 1.56. The quantitative estimate of drug-likeness (QED) is 0.866. The van der Waals surface area contributed by atoms with E-state index in [9.17, 15) is 14.4 Å². The van der Waals surface area contributed by atoms with Gasteiger partial charge in [-0.05, 0) is 51.8 Å². The molecule has 1 heterocycles. The van der Waals surface area contributed by atoms with Gasteiger partial charge in [0.15, 0.2) is 0 Å². The molecule has 0 aliphatic carbocycles. The summed E-state index contributed by atoms with van der Waals surface area (Å²) in [5.41, 5.74) is 0.474. The molecule has 0 radical (unpaired) electrons. The minimum absolute atomic E-state index is 0.160. The lowest BCUT2D eigenvalue weighted by molar-refractivity contribution is -0.121. The highest BCUT2D eigenvalue weighted by Gasteiger charge is 2.31. The van der Waals surface area contributed by atoms with Crippen molar-refractivity contribution >= 4 is 23.6 Å². The molecule has 1 aliphatic rings. The van der Waals surface area contributed by atoms with E-state index in [-0.39, 0.29) is 17.7 Å². The molecule has 1 aliphatic heterocycles. The summed E-state index contributed by atoms with van der Waals surface area (Å²) in [5, 5.41) is 5.39. The molecule has 1 aromatic rings. The van der Waals surface area contributed by atoms with Gasteiger partial charge in [0.05, 0.1) is 5.92 Å². The Kier molecular flexibility index (Phi) is 6.23. The van der Waals surface area contributed by atoms with E-state index in [2.05, 4.69) is 10.6 Å². The molecule has 0 bridgehead atoms. The summed E-state index contributed by atoms with van der Waals surface area (Å²) in [6.07, 6.45) is 1.06. The summed E-state index contributed by atoms with van der Waals surface area (Å²) in [6, 6.07) is 6.76. The number of amides is 3. The molecule has 7 nitrogen and oxygen atoms in total. The zero-order chi connectivity index (χ0) is 19.3. The third-order valence-corrected chi connectivity index (χ3v) is 4.06. The Morgan fingerprint density at radius 2 is 1.96 bits per heavy atom. The first kappa shape index (κ1) is 19.8. The lowest BCUT2D eigenvalue weighted by Crippen LogP contribution is -2.45. The van der Waals surface area contributed by atoms with E-state index in [0.717, 1.165) is 6.42 Å². The number of ether oxygens (including phenoxy) is 1. The maximum absolute atomic E-state index is 12.6. The normalized spacial score (nSPS) is 17.4. The van der Waals surface area contributed by atoms with Crippen molar-refractivity contribution in [2.24, 2.45) is 5.92 Å². The number of rotatable bonds is 3. The van der Waals surface area contributed by atoms with Crippen molar-refractivity contribution < 1.29 is 19.1 Å². The van der Waals surface area contributed by atoms with Crippen LogP contribution < -0.4 is 10.6 Å². The van der Waals surface area contributed by atoms with Crippen LogP contribution in [-0.4, -0.2) is 48.5 Å². The van der Waals surface area contributed by atoms with Crippen LogP contribution in [0.4, 0.5) is 10.5 Å². The molecule has 1 aromatic carbocycles. The van der Waals surface area contributed by atoms with Crippen LogP contribution in [0.25, 0.3) is 0 Å². The van der Waals surface area contributed by atoms with E-state index in [4.69, 9.17) is 4.74 Å². The Morgan fingerprint density at radius 1 is 1.23 bits per heavy atom. The number of hydrogen-bond donors (Lipinski definition) is 2. The SMILES string of the molecule is CNC(=O)c1cccc(NC(=O)C2CCCN(C(=O)OC(C)(C)C)C2)c1. The van der Waals surface area contributed by atoms with E-state index in [1.807, 2.05) is 20.8 Å². The van der Waals surface area contributed by atoms with E-state index in [1.165, 1.54) is 0 Å². The van der Waals surface area contributed by atoms with Crippen LogP contribution in [0.15, 0.2) is 24.3 Å². The Labute approximate surface area is 154 Å². The third kappa shape index (κ3) is 5.47. The smallest absolute Gasteiger partial charge is 0.410 e. The zero-order valence-electron chi connectivity index (χ0n) is 15.8. The molecular weight excluding hydrogens is 334 g/mol. The molecule has 142 valence electrons. The van der Waals surface area contributed by atoms with Gasteiger partial charge >= 0.3 is 6.09 Å². The topological polar surface area (TPSA) is 87.7 Å². The molecule has 1 atom stereocenters. The van der Waals surface area contributed by atoms with E-state index in [1.54, 1.807) is 36.2 Å². The van der Waals surface area contributed by atoms with E-state index in [0.29, 0.717) is 30.8 Å². The fourth-order valence-electron chi connectivity index (χ4n) is 2.81. The van der Waals surface area contributed by atoms with Crippen molar-refractivity contribution in [3.8, 4) is 0 Å². The van der Waals surface area contributed by atoms with E-state index >= 15 is 0 Å². The monoisotopic (exact) mass is 361 g/mol. The number of anilines is 1. The summed E-state index contributed by atoms with van der Waals surface area (Å²) in [6.45, 7) is 6.37. The molecule has 0 aromatic heterocycles. The first-order valence-corrected chi connectivity index (χ1v) is 8.80. The molecule has 1 saturated heterocycles. The average molecular weight is 361 g/mol. The molecule has 2 rings (SSSR count). The Morgan fingerprint density at radius 3 is 2.62 bits per heavy atom. The number of carbonyl (C=O) groups excluding carboxylic acids is 3. The van der Waals surface area contributed by atoms with Gasteiger partial charge in [-0.3, -0.25) is 9.59 Å². The lowest BCUT2D eigenvalue weighted by Gasteiger charge is -2.33. The maximum atomic E-state index is 12.6. The largest absolute Gasteiger partial charge is 0.444 e. The van der Waals surface area contributed by atoms with Crippen LogP contribution in [0.5, 0.6) is 0 Å². The number of likely N-dealkylation sites (tertiary alicyclic amines) is 1. The van der Waals surface area contributed by atoms with Crippen molar-refractivity contribution in [2.75, 3.05) is 25.5 Å². The third-order valence-electron chi connectivity index (χ3n) is 4.06. The zero-order valence-corrected chi connectivity index (χ0v) is 15.8. The average Bonchev–Trinajstić information content (AvgIpc) is 2.60. The molecule has 3 amide bonds. The summed E-state index contributed by atoms with van der Waals surface area (Å²) in [4.78, 5) is 38.1. The highest BCUT2D eigenvalue weighted by molar-refractivity contribution is 5.97. The van der Waals surface area contributed by atoms with Gasteiger partial charge in [0.25, 0.3) is 5.91 Å². The van der Waals surface area contributed by atoms with Gasteiger partial charge in [-0.15, -0.1) is 0 Å². The van der Waals surface area contributed by atoms with Gasteiger partial charge in [-0.1, -0.05) is 6.07 Å². The number of carbonyl (C=O) groups is 3. The highest BCUT2D eigenvalue weighted by Crippen LogP contribution is 2.21. The van der Waals surface area contributed by atoms with Gasteiger partial charge in [0.1, 0.15) is 5.60 Å². The fraction of sp³-hybridized carbons (Fsp3) is 0.526. The number of nitrogens with zero attached hydrogens (tertiary/aromatic N) is 1. The number of hydrogen-bond acceptors (Lipinski definition) is 4. The van der Waals surface area contributed by atoms with Crippen LogP contribution in [-0.2, 0) is 9.53 Å². The second-order valence-electron chi connectivity index (χ2n) is 7.41. The minimum Gasteiger partial charge on any atom is -0.444 e. The number of benzene rings is 1. The number of piperidine rings is 1. The molecule has 1 fully saturated rings. The van der Waals surface area contributed by atoms with Crippen LogP contribution in [0, 0.1) is 5.92 Å². The Balaban J connectivity index is 1.99. The van der Waals surface area contributed by atoms with Crippen molar-refractivity contribution in [2.45, 2.75) is 39.2 Å². The molecule has 0 spiro atoms. The summed E-state index contributed by atoms with van der Waals surface area (Å²) >= 11 is 0. The van der Waals surface area contributed by atoms with Crippen LogP contribution in [0.3, 0.4) is 0 Å². The molecule has 2 N–H and O–H groups in total. The van der Waals surface area contributed by atoms with Gasteiger partial charge in [0, 0.05) is 31.4 Å². The van der Waals surface area contributed by atoms with Crippen molar-refractivity contribution in [3.05, 3.63) is 29.8 Å². The lowest BCUT2D eigenvalue weighted by atomic mass is 9.97. The molecule has 0 saturated carbocycles. The molecule has 1 unspecified atom stereocenters. The molecule has 7 heteroatoms. The predicted octanol–water partition coefficient (Wildman–Crippen LogP) is 2.63. The standard InChI is InChI=1S/C19H27N3O4/c1-19(2,3)26-18(25)22-10-6-8-14(12-22)17(24)21-15-9-5-7-13(11-15)16(23)20-4/h5,7,9,11,14H,6,8,10,12H2,1-4H3,(H,20,23)(H,21,24). The minimum atomic E-state index is -0.563. The van der Waals surface area contributed by atoms with Crippen LogP contribution in [0.1, 0.15) is 44.0 Å². The first-order chi connectivity index (χ1) is 12.2.